The van der Waals surface area contributed by atoms with Crippen molar-refractivity contribution in [2.45, 2.75) is 50.6 Å². The summed E-state index contributed by atoms with van der Waals surface area (Å²) in [5.74, 6) is 0. The molecule has 0 aromatic rings. The Morgan fingerprint density at radius 3 is 3.00 bits per heavy atom. The molecule has 0 bridgehead atoms. The number of hydrogen-bond acceptors (Lipinski definition) is 2. The molecule has 1 fully saturated rings. The number of hydrogen-bond donors (Lipinski definition) is 1. The van der Waals surface area contributed by atoms with Crippen LogP contribution in [-0.4, -0.2) is 24.8 Å². The number of rotatable bonds is 2. The Balaban J connectivity index is 1.85. The minimum atomic E-state index is 0.320. The van der Waals surface area contributed by atoms with E-state index in [0.29, 0.717) is 11.6 Å². The van der Waals surface area contributed by atoms with Crippen molar-refractivity contribution in [2.24, 2.45) is 0 Å². The summed E-state index contributed by atoms with van der Waals surface area (Å²) in [7, 11) is 0. The molecule has 0 amide bonds. The van der Waals surface area contributed by atoms with Gasteiger partial charge >= 0.3 is 0 Å². The Labute approximate surface area is 86.7 Å². The minimum absolute atomic E-state index is 0.320. The van der Waals surface area contributed by atoms with E-state index in [-0.39, 0.29) is 0 Å². The average molecular weight is 195 g/mol. The molecule has 14 heavy (non-hydrogen) atoms. The van der Waals surface area contributed by atoms with Crippen LogP contribution in [0.3, 0.4) is 0 Å². The van der Waals surface area contributed by atoms with E-state index in [4.69, 9.17) is 4.74 Å². The fourth-order valence-corrected chi connectivity index (χ4v) is 2.44. The van der Waals surface area contributed by atoms with Gasteiger partial charge in [0.2, 0.25) is 0 Å². The molecule has 2 nitrogen and oxygen atoms in total. The average Bonchev–Trinajstić information content (AvgIpc) is 2.19. The van der Waals surface area contributed by atoms with Crippen LogP contribution in [0.1, 0.15) is 39.0 Å². The van der Waals surface area contributed by atoms with Gasteiger partial charge in [-0.2, -0.15) is 0 Å². The van der Waals surface area contributed by atoms with Crippen LogP contribution in [0.2, 0.25) is 0 Å². The molecule has 80 valence electrons. The van der Waals surface area contributed by atoms with E-state index >= 15 is 0 Å². The summed E-state index contributed by atoms with van der Waals surface area (Å²) in [5.41, 5.74) is 0.320. The third kappa shape index (κ3) is 2.58. The second-order valence-electron chi connectivity index (χ2n) is 4.83. The van der Waals surface area contributed by atoms with Crippen molar-refractivity contribution in [3.8, 4) is 0 Å². The van der Waals surface area contributed by atoms with Crippen molar-refractivity contribution in [2.75, 3.05) is 13.2 Å². The summed E-state index contributed by atoms with van der Waals surface area (Å²) in [6.45, 7) is 4.19. The van der Waals surface area contributed by atoms with Gasteiger partial charge in [0.05, 0.1) is 6.61 Å². The maximum atomic E-state index is 5.49. The topological polar surface area (TPSA) is 21.3 Å². The maximum Gasteiger partial charge on any atom is 0.0619 e. The van der Waals surface area contributed by atoms with Crippen LogP contribution < -0.4 is 5.32 Å². The Bertz CT molecular complexity index is 208. The third-order valence-corrected chi connectivity index (χ3v) is 3.31. The molecule has 0 spiro atoms. The first kappa shape index (κ1) is 10.2. The van der Waals surface area contributed by atoms with Gasteiger partial charge in [0.1, 0.15) is 0 Å². The quantitative estimate of drug-likeness (QED) is 0.682. The number of ether oxygens (including phenoxy) is 1. The molecule has 0 saturated carbocycles. The van der Waals surface area contributed by atoms with Crippen LogP contribution in [0.25, 0.3) is 0 Å². The van der Waals surface area contributed by atoms with E-state index in [0.717, 1.165) is 13.2 Å². The lowest BCUT2D eigenvalue weighted by Gasteiger charge is -2.37. The van der Waals surface area contributed by atoms with Gasteiger partial charge < -0.3 is 10.1 Å². The van der Waals surface area contributed by atoms with E-state index in [1.807, 2.05) is 0 Å². The summed E-state index contributed by atoms with van der Waals surface area (Å²) in [5, 5.41) is 3.76. The van der Waals surface area contributed by atoms with Crippen molar-refractivity contribution in [1.29, 1.82) is 0 Å². The lowest BCUT2D eigenvalue weighted by molar-refractivity contribution is 0.0575. The summed E-state index contributed by atoms with van der Waals surface area (Å²) in [6, 6.07) is 0.584. The minimum Gasteiger partial charge on any atom is -0.380 e. The lowest BCUT2D eigenvalue weighted by Crippen LogP contribution is -2.51. The largest absolute Gasteiger partial charge is 0.380 e. The zero-order valence-electron chi connectivity index (χ0n) is 9.09. The van der Waals surface area contributed by atoms with Crippen LogP contribution in [0.15, 0.2) is 12.2 Å². The smallest absolute Gasteiger partial charge is 0.0619 e. The molecular weight excluding hydrogens is 174 g/mol. The maximum absolute atomic E-state index is 5.49. The van der Waals surface area contributed by atoms with Gasteiger partial charge in [-0.25, -0.2) is 0 Å². The van der Waals surface area contributed by atoms with Crippen molar-refractivity contribution in [1.82, 2.24) is 5.32 Å². The predicted octanol–water partition coefficient (Wildman–Crippen LogP) is 2.25. The Morgan fingerprint density at radius 2 is 2.36 bits per heavy atom. The Morgan fingerprint density at radius 1 is 1.43 bits per heavy atom. The molecule has 2 unspecified atom stereocenters. The summed E-state index contributed by atoms with van der Waals surface area (Å²) in [4.78, 5) is 0. The first-order valence-corrected chi connectivity index (χ1v) is 5.79. The lowest BCUT2D eigenvalue weighted by atomic mass is 9.86. The van der Waals surface area contributed by atoms with Crippen LogP contribution >= 0.6 is 0 Å². The van der Waals surface area contributed by atoms with Gasteiger partial charge in [-0.3, -0.25) is 0 Å². The summed E-state index contributed by atoms with van der Waals surface area (Å²) in [6.07, 6.45) is 10.7. The first-order valence-electron chi connectivity index (χ1n) is 5.79. The van der Waals surface area contributed by atoms with E-state index < -0.39 is 0 Å². The first-order chi connectivity index (χ1) is 6.79. The fraction of sp³-hybridized carbons (Fsp3) is 0.833. The normalized spacial score (nSPS) is 38.5. The highest BCUT2D eigenvalue weighted by molar-refractivity contribution is 5.01. The number of nitrogens with one attached hydrogen (secondary N) is 1. The molecule has 2 atom stereocenters. The van der Waals surface area contributed by atoms with Gasteiger partial charge in [0.15, 0.2) is 0 Å². The van der Waals surface area contributed by atoms with Crippen molar-refractivity contribution >= 4 is 0 Å². The highest BCUT2D eigenvalue weighted by atomic mass is 16.5. The molecule has 0 aromatic heterocycles. The SMILES string of the molecule is CC1(NC2CCCOC2)CC=CCC1. The van der Waals surface area contributed by atoms with Crippen LogP contribution in [-0.2, 0) is 4.74 Å². The Kier molecular flexibility index (Phi) is 3.24. The molecular formula is C12H21NO. The van der Waals surface area contributed by atoms with E-state index in [2.05, 4.69) is 24.4 Å². The highest BCUT2D eigenvalue weighted by Crippen LogP contribution is 2.24. The Hall–Kier alpha value is -0.340. The van der Waals surface area contributed by atoms with Gasteiger partial charge in [-0.1, -0.05) is 12.2 Å². The molecule has 2 rings (SSSR count). The molecule has 1 heterocycles. The molecule has 0 aromatic carbocycles. The van der Waals surface area contributed by atoms with Gasteiger partial charge in [-0.05, 0) is 39.0 Å². The van der Waals surface area contributed by atoms with Crippen molar-refractivity contribution in [3.05, 3.63) is 12.2 Å². The number of allylic oxidation sites excluding steroid dienone is 1. The zero-order chi connectivity index (χ0) is 9.86. The standard InChI is InChI=1S/C12H21NO/c1-12(7-3-2-4-8-12)13-11-6-5-9-14-10-11/h2-3,11,13H,4-10H2,1H3. The van der Waals surface area contributed by atoms with Crippen LogP contribution in [0, 0.1) is 0 Å². The predicted molar refractivity (Wildman–Crippen MR) is 58.4 cm³/mol. The van der Waals surface area contributed by atoms with Gasteiger partial charge in [-0.15, -0.1) is 0 Å². The second-order valence-corrected chi connectivity index (χ2v) is 4.83. The van der Waals surface area contributed by atoms with Crippen LogP contribution in [0.4, 0.5) is 0 Å². The van der Waals surface area contributed by atoms with Crippen LogP contribution in [0.5, 0.6) is 0 Å². The summed E-state index contributed by atoms with van der Waals surface area (Å²) >= 11 is 0. The van der Waals surface area contributed by atoms with Gasteiger partial charge in [0, 0.05) is 18.2 Å². The molecule has 1 saturated heterocycles. The third-order valence-electron chi connectivity index (χ3n) is 3.31. The van der Waals surface area contributed by atoms with Crippen molar-refractivity contribution < 1.29 is 4.74 Å². The second kappa shape index (κ2) is 4.45. The molecule has 1 aliphatic heterocycles. The summed E-state index contributed by atoms with van der Waals surface area (Å²) < 4.78 is 5.49. The zero-order valence-corrected chi connectivity index (χ0v) is 9.09. The van der Waals surface area contributed by atoms with E-state index in [1.165, 1.54) is 32.1 Å². The van der Waals surface area contributed by atoms with E-state index in [1.54, 1.807) is 0 Å². The highest BCUT2D eigenvalue weighted by Gasteiger charge is 2.27. The molecule has 2 heteroatoms. The molecule has 1 aliphatic carbocycles. The molecule has 0 radical (unpaired) electrons. The molecule has 2 aliphatic rings. The fourth-order valence-electron chi connectivity index (χ4n) is 2.44. The van der Waals surface area contributed by atoms with E-state index in [9.17, 15) is 0 Å². The van der Waals surface area contributed by atoms with Gasteiger partial charge in [0.25, 0.3) is 0 Å². The van der Waals surface area contributed by atoms with Crippen molar-refractivity contribution in [3.63, 3.8) is 0 Å². The monoisotopic (exact) mass is 195 g/mol. The molecule has 1 N–H and O–H groups in total.